The number of hydrogen-bond donors (Lipinski definition) is 2. The quantitative estimate of drug-likeness (QED) is 0.269. The zero-order valence-corrected chi connectivity index (χ0v) is 16.8. The Balaban J connectivity index is 0.00000264. The molecule has 2 rings (SSSR count). The van der Waals surface area contributed by atoms with Gasteiger partial charge in [0.2, 0.25) is 0 Å². The van der Waals surface area contributed by atoms with Crippen molar-refractivity contribution in [3.05, 3.63) is 0 Å². The lowest BCUT2D eigenvalue weighted by molar-refractivity contribution is 0.0376. The summed E-state index contributed by atoms with van der Waals surface area (Å²) in [5, 5.41) is 3.25. The van der Waals surface area contributed by atoms with Crippen LogP contribution in [0.25, 0.3) is 0 Å². The molecule has 0 aromatic rings. The Morgan fingerprint density at radius 2 is 2.04 bits per heavy atom. The van der Waals surface area contributed by atoms with Crippen LogP contribution in [0.5, 0.6) is 0 Å². The molecular formula is C16H34IN5O. The third-order valence-corrected chi connectivity index (χ3v) is 4.69. The highest BCUT2D eigenvalue weighted by molar-refractivity contribution is 14.0. The van der Waals surface area contributed by atoms with Crippen LogP contribution in [0, 0.1) is 0 Å². The number of aliphatic imine (C=N–C) groups is 1. The summed E-state index contributed by atoms with van der Waals surface area (Å²) in [4.78, 5) is 9.51. The molecule has 0 radical (unpaired) electrons. The van der Waals surface area contributed by atoms with Crippen LogP contribution in [0.2, 0.25) is 0 Å². The number of halogens is 1. The van der Waals surface area contributed by atoms with E-state index >= 15 is 0 Å². The van der Waals surface area contributed by atoms with Crippen molar-refractivity contribution in [2.24, 2.45) is 10.7 Å². The number of nitrogens with two attached hydrogens (primary N) is 1. The van der Waals surface area contributed by atoms with Crippen molar-refractivity contribution in [1.82, 2.24) is 15.1 Å². The molecule has 6 nitrogen and oxygen atoms in total. The number of ether oxygens (including phenoxy) is 1. The molecule has 2 aliphatic rings. The Hall–Kier alpha value is -0.120. The second kappa shape index (κ2) is 12.3. The first-order valence-corrected chi connectivity index (χ1v) is 8.87. The summed E-state index contributed by atoms with van der Waals surface area (Å²) in [5.74, 6) is 0.601. The van der Waals surface area contributed by atoms with Crippen LogP contribution in [0.1, 0.15) is 32.6 Å². The predicted octanol–water partition coefficient (Wildman–Crippen LogP) is 1.11. The molecule has 1 atom stereocenters. The lowest BCUT2D eigenvalue weighted by Gasteiger charge is -2.33. The van der Waals surface area contributed by atoms with Crippen LogP contribution in [0.4, 0.5) is 0 Å². The fraction of sp³-hybridized carbons (Fsp3) is 0.938. The maximum atomic E-state index is 5.98. The van der Waals surface area contributed by atoms with Gasteiger partial charge in [0, 0.05) is 25.7 Å². The third-order valence-electron chi connectivity index (χ3n) is 4.69. The molecule has 0 bridgehead atoms. The molecule has 3 N–H and O–H groups in total. The first kappa shape index (κ1) is 20.9. The first-order valence-electron chi connectivity index (χ1n) is 8.87. The van der Waals surface area contributed by atoms with Gasteiger partial charge in [0.15, 0.2) is 5.96 Å². The van der Waals surface area contributed by atoms with Crippen LogP contribution in [0.3, 0.4) is 0 Å². The predicted molar refractivity (Wildman–Crippen MR) is 107 cm³/mol. The lowest BCUT2D eigenvalue weighted by Crippen LogP contribution is -2.42. The van der Waals surface area contributed by atoms with Gasteiger partial charge in [-0.2, -0.15) is 0 Å². The van der Waals surface area contributed by atoms with Gasteiger partial charge in [-0.25, -0.2) is 0 Å². The topological polar surface area (TPSA) is 66.1 Å². The van der Waals surface area contributed by atoms with Crippen molar-refractivity contribution in [2.45, 2.75) is 38.6 Å². The molecule has 0 aliphatic carbocycles. The molecular weight excluding hydrogens is 405 g/mol. The first-order chi connectivity index (χ1) is 10.8. The van der Waals surface area contributed by atoms with E-state index in [1.54, 1.807) is 0 Å². The standard InChI is InChI=1S/C16H33N5O.HI/c1-2-21-9-4-3-6-15(21)14-19-16(17)18-7-5-8-20-10-12-22-13-11-20;/h15H,2-14H2,1H3,(H3,17,18,19);1H. The number of nitrogens with one attached hydrogen (secondary N) is 1. The van der Waals surface area contributed by atoms with Gasteiger partial charge in [-0.1, -0.05) is 13.3 Å². The minimum absolute atomic E-state index is 0. The van der Waals surface area contributed by atoms with Crippen molar-refractivity contribution in [3.63, 3.8) is 0 Å². The molecule has 0 aromatic carbocycles. The van der Waals surface area contributed by atoms with Crippen LogP contribution >= 0.6 is 24.0 Å². The number of hydrogen-bond acceptors (Lipinski definition) is 4. The monoisotopic (exact) mass is 439 g/mol. The molecule has 0 saturated carbocycles. The lowest BCUT2D eigenvalue weighted by atomic mass is 10.0. The molecule has 2 fully saturated rings. The van der Waals surface area contributed by atoms with Gasteiger partial charge in [0.25, 0.3) is 0 Å². The van der Waals surface area contributed by atoms with E-state index in [1.165, 1.54) is 25.8 Å². The fourth-order valence-electron chi connectivity index (χ4n) is 3.29. The van der Waals surface area contributed by atoms with E-state index in [2.05, 4.69) is 27.0 Å². The number of guanidine groups is 1. The van der Waals surface area contributed by atoms with Crippen molar-refractivity contribution >= 4 is 29.9 Å². The molecule has 0 spiro atoms. The summed E-state index contributed by atoms with van der Waals surface area (Å²) >= 11 is 0. The summed E-state index contributed by atoms with van der Waals surface area (Å²) in [5.41, 5.74) is 5.98. The smallest absolute Gasteiger partial charge is 0.188 e. The Labute approximate surface area is 158 Å². The van der Waals surface area contributed by atoms with E-state index in [9.17, 15) is 0 Å². The Morgan fingerprint density at radius 3 is 2.78 bits per heavy atom. The number of nitrogens with zero attached hydrogens (tertiary/aromatic N) is 3. The Bertz CT molecular complexity index is 336. The maximum absolute atomic E-state index is 5.98. The van der Waals surface area contributed by atoms with Gasteiger partial charge >= 0.3 is 0 Å². The Morgan fingerprint density at radius 1 is 1.26 bits per heavy atom. The normalized spacial score (nSPS) is 24.2. The van der Waals surface area contributed by atoms with Crippen molar-refractivity contribution in [3.8, 4) is 0 Å². The molecule has 7 heteroatoms. The number of morpholine rings is 1. The summed E-state index contributed by atoms with van der Waals surface area (Å²) < 4.78 is 5.35. The van der Waals surface area contributed by atoms with Gasteiger partial charge in [-0.3, -0.25) is 14.8 Å². The SMILES string of the molecule is CCN1CCCCC1CN=C(N)NCCCN1CCOCC1.I. The highest BCUT2D eigenvalue weighted by atomic mass is 127. The van der Waals surface area contributed by atoms with Crippen molar-refractivity contribution in [1.29, 1.82) is 0 Å². The molecule has 2 heterocycles. The largest absolute Gasteiger partial charge is 0.379 e. The van der Waals surface area contributed by atoms with E-state index in [0.717, 1.165) is 58.9 Å². The highest BCUT2D eigenvalue weighted by Gasteiger charge is 2.20. The molecule has 0 aromatic heterocycles. The van der Waals surface area contributed by atoms with E-state index in [1.807, 2.05) is 0 Å². The summed E-state index contributed by atoms with van der Waals surface area (Å²) in [6.45, 7) is 11.2. The average molecular weight is 439 g/mol. The highest BCUT2D eigenvalue weighted by Crippen LogP contribution is 2.16. The average Bonchev–Trinajstić information content (AvgIpc) is 2.58. The molecule has 0 amide bonds. The molecule has 23 heavy (non-hydrogen) atoms. The fourth-order valence-corrected chi connectivity index (χ4v) is 3.29. The number of rotatable bonds is 7. The van der Waals surface area contributed by atoms with E-state index in [-0.39, 0.29) is 24.0 Å². The number of piperidine rings is 1. The summed E-state index contributed by atoms with van der Waals surface area (Å²) in [6, 6.07) is 0.576. The number of likely N-dealkylation sites (tertiary alicyclic amines) is 1. The van der Waals surface area contributed by atoms with Gasteiger partial charge in [0.1, 0.15) is 0 Å². The third kappa shape index (κ3) is 8.00. The molecule has 1 unspecified atom stereocenters. The second-order valence-electron chi connectivity index (χ2n) is 6.24. The van der Waals surface area contributed by atoms with E-state index in [4.69, 9.17) is 10.5 Å². The zero-order valence-electron chi connectivity index (χ0n) is 14.5. The van der Waals surface area contributed by atoms with Crippen molar-refractivity contribution in [2.75, 3.05) is 59.0 Å². The second-order valence-corrected chi connectivity index (χ2v) is 6.24. The molecule has 2 saturated heterocycles. The minimum Gasteiger partial charge on any atom is -0.379 e. The van der Waals surface area contributed by atoms with E-state index < -0.39 is 0 Å². The molecule has 2 aliphatic heterocycles. The number of likely N-dealkylation sites (N-methyl/N-ethyl adjacent to an activating group) is 1. The van der Waals surface area contributed by atoms with Crippen LogP contribution < -0.4 is 11.1 Å². The summed E-state index contributed by atoms with van der Waals surface area (Å²) in [7, 11) is 0. The van der Waals surface area contributed by atoms with Gasteiger partial charge < -0.3 is 15.8 Å². The van der Waals surface area contributed by atoms with Gasteiger partial charge in [-0.15, -0.1) is 24.0 Å². The zero-order chi connectivity index (χ0) is 15.6. The van der Waals surface area contributed by atoms with Gasteiger partial charge in [-0.05, 0) is 38.9 Å². The van der Waals surface area contributed by atoms with Crippen molar-refractivity contribution < 1.29 is 4.74 Å². The summed E-state index contributed by atoms with van der Waals surface area (Å²) in [6.07, 6.45) is 5.00. The minimum atomic E-state index is 0. The van der Waals surface area contributed by atoms with Crippen LogP contribution in [-0.2, 0) is 4.74 Å². The van der Waals surface area contributed by atoms with Gasteiger partial charge in [0.05, 0.1) is 19.8 Å². The van der Waals surface area contributed by atoms with E-state index in [0.29, 0.717) is 12.0 Å². The van der Waals surface area contributed by atoms with Crippen LogP contribution in [0.15, 0.2) is 4.99 Å². The Kier molecular flexibility index (Phi) is 11.2. The maximum Gasteiger partial charge on any atom is 0.188 e. The molecule has 136 valence electrons. The van der Waals surface area contributed by atoms with Crippen LogP contribution in [-0.4, -0.2) is 80.8 Å².